The summed E-state index contributed by atoms with van der Waals surface area (Å²) in [6.45, 7) is 0.328. The number of rotatable bonds is 5. The number of hydrogen-bond acceptors (Lipinski definition) is 4. The Labute approximate surface area is 147 Å². The van der Waals surface area contributed by atoms with E-state index in [-0.39, 0.29) is 5.91 Å². The van der Waals surface area contributed by atoms with E-state index in [1.54, 1.807) is 42.0 Å². The lowest BCUT2D eigenvalue weighted by molar-refractivity contribution is 0.0943. The van der Waals surface area contributed by atoms with Crippen LogP contribution < -0.4 is 5.32 Å². The third kappa shape index (κ3) is 3.93. The van der Waals surface area contributed by atoms with Crippen molar-refractivity contribution in [2.75, 3.05) is 0 Å². The fourth-order valence-electron chi connectivity index (χ4n) is 2.02. The van der Waals surface area contributed by atoms with Gasteiger partial charge in [0.05, 0.1) is 17.8 Å². The highest BCUT2D eigenvalue weighted by molar-refractivity contribution is 7.09. The molecule has 4 nitrogen and oxygen atoms in total. The molecule has 0 unspecified atom stereocenters. The van der Waals surface area contributed by atoms with Crippen molar-refractivity contribution in [3.63, 3.8) is 0 Å². The number of nitrogens with zero attached hydrogens (tertiary/aromatic N) is 1. The van der Waals surface area contributed by atoms with Crippen LogP contribution in [0.15, 0.2) is 46.4 Å². The normalized spacial score (nSPS) is 10.7. The number of benzene rings is 1. The van der Waals surface area contributed by atoms with Gasteiger partial charge in [-0.2, -0.15) is 0 Å². The third-order valence-corrected chi connectivity index (χ3v) is 4.73. The molecule has 1 amide bonds. The first kappa shape index (κ1) is 16.1. The molecule has 23 heavy (non-hydrogen) atoms. The number of nitrogens with one attached hydrogen (secondary N) is 1. The van der Waals surface area contributed by atoms with E-state index in [4.69, 9.17) is 27.6 Å². The molecular formula is C16H12Cl2N2O2S. The van der Waals surface area contributed by atoms with Crippen LogP contribution in [0.2, 0.25) is 10.0 Å². The van der Waals surface area contributed by atoms with Crippen molar-refractivity contribution in [3.8, 4) is 0 Å². The van der Waals surface area contributed by atoms with E-state index in [0.717, 1.165) is 10.6 Å². The third-order valence-electron chi connectivity index (χ3n) is 3.18. The maximum absolute atomic E-state index is 12.1. The minimum absolute atomic E-state index is 0.242. The number of carbonyl (C=O) groups excluding carboxylic acids is 1. The Kier molecular flexibility index (Phi) is 5.00. The highest BCUT2D eigenvalue weighted by Gasteiger charge is 2.13. The number of furan rings is 1. The van der Waals surface area contributed by atoms with Crippen LogP contribution >= 0.6 is 34.5 Å². The zero-order chi connectivity index (χ0) is 16.2. The summed E-state index contributed by atoms with van der Waals surface area (Å²) in [5, 5.41) is 6.45. The predicted octanol–water partition coefficient (Wildman–Crippen LogP) is 4.56. The van der Waals surface area contributed by atoms with Crippen molar-refractivity contribution >= 4 is 40.4 Å². The number of amides is 1. The average molecular weight is 367 g/mol. The van der Waals surface area contributed by atoms with Crippen LogP contribution in [-0.4, -0.2) is 10.9 Å². The fraction of sp³-hybridized carbons (Fsp3) is 0.125. The summed E-state index contributed by atoms with van der Waals surface area (Å²) in [5.74, 6) is 0.450. The van der Waals surface area contributed by atoms with Gasteiger partial charge in [-0.05, 0) is 29.8 Å². The molecular weight excluding hydrogens is 355 g/mol. The molecule has 0 aliphatic carbocycles. The molecule has 0 fully saturated rings. The molecule has 3 rings (SSSR count). The van der Waals surface area contributed by atoms with E-state index in [0.29, 0.717) is 34.5 Å². The van der Waals surface area contributed by atoms with E-state index >= 15 is 0 Å². The fourth-order valence-corrected chi connectivity index (χ4v) is 3.34. The van der Waals surface area contributed by atoms with Gasteiger partial charge in [-0.25, -0.2) is 4.98 Å². The van der Waals surface area contributed by atoms with Crippen LogP contribution in [0.25, 0.3) is 0 Å². The van der Waals surface area contributed by atoms with Crippen molar-refractivity contribution in [1.82, 2.24) is 10.3 Å². The molecule has 0 atom stereocenters. The second-order valence-corrected chi connectivity index (χ2v) is 6.52. The zero-order valence-electron chi connectivity index (χ0n) is 11.9. The van der Waals surface area contributed by atoms with Gasteiger partial charge in [-0.1, -0.05) is 29.3 Å². The van der Waals surface area contributed by atoms with Crippen molar-refractivity contribution in [3.05, 3.63) is 74.0 Å². The smallest absolute Gasteiger partial charge is 0.271 e. The topological polar surface area (TPSA) is 55.1 Å². The standard InChI is InChI=1S/C16H12Cl2N2O2S/c17-12-4-1-5-13(18)11(12)7-15-20-14(9-23-15)16(21)19-8-10-3-2-6-22-10/h1-6,9H,7-8H2,(H,19,21). The highest BCUT2D eigenvalue weighted by Crippen LogP contribution is 2.27. The molecule has 0 saturated heterocycles. The van der Waals surface area contributed by atoms with Gasteiger partial charge >= 0.3 is 0 Å². The quantitative estimate of drug-likeness (QED) is 0.719. The lowest BCUT2D eigenvalue weighted by atomic mass is 10.1. The lowest BCUT2D eigenvalue weighted by Gasteiger charge is -2.04. The van der Waals surface area contributed by atoms with E-state index in [2.05, 4.69) is 10.3 Å². The van der Waals surface area contributed by atoms with Gasteiger partial charge in [-0.3, -0.25) is 4.79 Å². The molecule has 0 saturated carbocycles. The maximum Gasteiger partial charge on any atom is 0.271 e. The Morgan fingerprint density at radius 3 is 2.70 bits per heavy atom. The Hall–Kier alpha value is -1.82. The number of thiazole rings is 1. The lowest BCUT2D eigenvalue weighted by Crippen LogP contribution is -2.22. The first-order valence-electron chi connectivity index (χ1n) is 6.81. The van der Waals surface area contributed by atoms with Crippen LogP contribution in [0.1, 0.15) is 26.8 Å². The minimum Gasteiger partial charge on any atom is -0.467 e. The van der Waals surface area contributed by atoms with Gasteiger partial charge in [-0.15, -0.1) is 11.3 Å². The number of hydrogen-bond donors (Lipinski definition) is 1. The monoisotopic (exact) mass is 366 g/mol. The molecule has 1 aromatic carbocycles. The van der Waals surface area contributed by atoms with Crippen molar-refractivity contribution in [2.45, 2.75) is 13.0 Å². The molecule has 7 heteroatoms. The number of aromatic nitrogens is 1. The molecule has 118 valence electrons. The van der Waals surface area contributed by atoms with E-state index in [1.165, 1.54) is 11.3 Å². The SMILES string of the molecule is O=C(NCc1ccco1)c1csc(Cc2c(Cl)cccc2Cl)n1. The second kappa shape index (κ2) is 7.17. The Morgan fingerprint density at radius 1 is 1.22 bits per heavy atom. The van der Waals surface area contributed by atoms with Crippen LogP contribution in [0.4, 0.5) is 0 Å². The van der Waals surface area contributed by atoms with Gasteiger partial charge in [0.1, 0.15) is 11.5 Å². The predicted molar refractivity (Wildman–Crippen MR) is 91.3 cm³/mol. The largest absolute Gasteiger partial charge is 0.467 e. The van der Waals surface area contributed by atoms with Gasteiger partial charge in [0.15, 0.2) is 0 Å². The van der Waals surface area contributed by atoms with Crippen molar-refractivity contribution in [1.29, 1.82) is 0 Å². The molecule has 1 N–H and O–H groups in total. The first-order chi connectivity index (χ1) is 11.1. The zero-order valence-corrected chi connectivity index (χ0v) is 14.2. The van der Waals surface area contributed by atoms with Gasteiger partial charge in [0.25, 0.3) is 5.91 Å². The minimum atomic E-state index is -0.242. The summed E-state index contributed by atoms with van der Waals surface area (Å²) < 4.78 is 5.17. The molecule has 0 spiro atoms. The summed E-state index contributed by atoms with van der Waals surface area (Å²) in [7, 11) is 0. The number of carbonyl (C=O) groups is 1. The molecule has 2 aromatic heterocycles. The highest BCUT2D eigenvalue weighted by atomic mass is 35.5. The summed E-state index contributed by atoms with van der Waals surface area (Å²) in [6.07, 6.45) is 2.06. The molecule has 3 aromatic rings. The Balaban J connectivity index is 1.67. The van der Waals surface area contributed by atoms with Crippen LogP contribution in [0.3, 0.4) is 0 Å². The Morgan fingerprint density at radius 2 is 2.00 bits per heavy atom. The molecule has 0 aliphatic rings. The van der Waals surface area contributed by atoms with E-state index < -0.39 is 0 Å². The van der Waals surface area contributed by atoms with Gasteiger partial charge in [0.2, 0.25) is 0 Å². The maximum atomic E-state index is 12.1. The number of halogens is 2. The first-order valence-corrected chi connectivity index (χ1v) is 8.45. The molecule has 0 radical (unpaired) electrons. The average Bonchev–Trinajstić information content (AvgIpc) is 3.20. The summed E-state index contributed by atoms with van der Waals surface area (Å²) in [4.78, 5) is 16.4. The van der Waals surface area contributed by atoms with Crippen LogP contribution in [-0.2, 0) is 13.0 Å². The van der Waals surface area contributed by atoms with Crippen molar-refractivity contribution < 1.29 is 9.21 Å². The van der Waals surface area contributed by atoms with Gasteiger partial charge in [0, 0.05) is 21.8 Å². The molecule has 2 heterocycles. The summed E-state index contributed by atoms with van der Waals surface area (Å²) in [5.41, 5.74) is 1.19. The van der Waals surface area contributed by atoms with Crippen LogP contribution in [0, 0.1) is 0 Å². The van der Waals surface area contributed by atoms with E-state index in [9.17, 15) is 4.79 Å². The van der Waals surface area contributed by atoms with E-state index in [1.807, 2.05) is 0 Å². The summed E-state index contributed by atoms with van der Waals surface area (Å²) in [6, 6.07) is 8.94. The Bertz CT molecular complexity index is 795. The van der Waals surface area contributed by atoms with Gasteiger partial charge < -0.3 is 9.73 Å². The van der Waals surface area contributed by atoms with Crippen LogP contribution in [0.5, 0.6) is 0 Å². The molecule has 0 aliphatic heterocycles. The summed E-state index contributed by atoms with van der Waals surface area (Å²) >= 11 is 13.7. The molecule has 0 bridgehead atoms. The van der Waals surface area contributed by atoms with Crippen molar-refractivity contribution in [2.24, 2.45) is 0 Å². The second-order valence-electron chi connectivity index (χ2n) is 4.77.